The molecule has 0 aliphatic rings. The summed E-state index contributed by atoms with van der Waals surface area (Å²) in [5.74, 6) is 0.0854. The number of aromatic nitrogens is 2. The largest absolute Gasteiger partial charge is 0.451 e. The predicted octanol–water partition coefficient (Wildman–Crippen LogP) is 4.20. The lowest BCUT2D eigenvalue weighted by molar-refractivity contribution is -0.114. The fourth-order valence-electron chi connectivity index (χ4n) is 2.68. The van der Waals surface area contributed by atoms with E-state index in [4.69, 9.17) is 4.74 Å². The van der Waals surface area contributed by atoms with Crippen molar-refractivity contribution in [2.45, 2.75) is 38.7 Å². The summed E-state index contributed by atoms with van der Waals surface area (Å²) in [6.45, 7) is 7.01. The number of aromatic amines is 1. The molecule has 2 aromatic heterocycles. The lowest BCUT2D eigenvalue weighted by Gasteiger charge is -2.14. The van der Waals surface area contributed by atoms with E-state index in [1.807, 2.05) is 13.8 Å². The Balaban J connectivity index is 1.84. The number of esters is 1. The highest BCUT2D eigenvalue weighted by atomic mass is 32.2. The van der Waals surface area contributed by atoms with Crippen molar-refractivity contribution in [3.63, 3.8) is 0 Å². The van der Waals surface area contributed by atoms with Crippen LogP contribution in [-0.2, 0) is 9.53 Å². The van der Waals surface area contributed by atoms with Crippen LogP contribution in [0.4, 0.5) is 0 Å². The van der Waals surface area contributed by atoms with Gasteiger partial charge in [-0.2, -0.15) is 0 Å². The zero-order valence-corrected chi connectivity index (χ0v) is 17.6. The summed E-state index contributed by atoms with van der Waals surface area (Å²) in [6.07, 6.45) is -0.724. The van der Waals surface area contributed by atoms with Gasteiger partial charge in [-0.25, -0.2) is 9.78 Å². The van der Waals surface area contributed by atoms with Crippen molar-refractivity contribution in [1.82, 2.24) is 9.97 Å². The zero-order valence-electron chi connectivity index (χ0n) is 16.0. The van der Waals surface area contributed by atoms with Crippen LogP contribution >= 0.6 is 23.1 Å². The molecule has 0 saturated carbocycles. The number of hydrogen-bond donors (Lipinski definition) is 1. The van der Waals surface area contributed by atoms with Crippen molar-refractivity contribution in [3.8, 4) is 0 Å². The third-order valence-electron chi connectivity index (χ3n) is 4.26. The Bertz CT molecular complexity index is 1120. The first-order chi connectivity index (χ1) is 13.3. The minimum Gasteiger partial charge on any atom is -0.451 e. The lowest BCUT2D eigenvalue weighted by atomic mass is 10.2. The molecule has 0 spiro atoms. The maximum Gasteiger partial charge on any atom is 0.339 e. The van der Waals surface area contributed by atoms with Crippen LogP contribution in [0.25, 0.3) is 10.2 Å². The molecule has 3 rings (SSSR count). The second kappa shape index (κ2) is 8.28. The minimum absolute atomic E-state index is 0.0261. The van der Waals surface area contributed by atoms with Gasteiger partial charge in [0.2, 0.25) is 0 Å². The van der Waals surface area contributed by atoms with E-state index < -0.39 is 12.1 Å². The monoisotopic (exact) mass is 416 g/mol. The topological polar surface area (TPSA) is 89.1 Å². The predicted molar refractivity (Wildman–Crippen MR) is 111 cm³/mol. The highest BCUT2D eigenvalue weighted by Gasteiger charge is 2.20. The third-order valence-corrected chi connectivity index (χ3v) is 6.58. The van der Waals surface area contributed by atoms with E-state index in [1.54, 1.807) is 31.2 Å². The van der Waals surface area contributed by atoms with Crippen molar-refractivity contribution >= 4 is 45.1 Å². The normalized spacial score (nSPS) is 12.1. The molecule has 0 aliphatic heterocycles. The Morgan fingerprint density at radius 2 is 2.00 bits per heavy atom. The standard InChI is InChI=1S/C20H20N2O4S2/c1-10(23)9-27-15-8-6-5-7-14(15)20(25)26-12(3)17-21-18(24)16-11(2)13(4)28-19(16)22-17/h5-8,12H,9H2,1-4H3,(H,21,22,24)/t12-/m0/s1. The van der Waals surface area contributed by atoms with Crippen molar-refractivity contribution in [2.75, 3.05) is 5.75 Å². The average Bonchev–Trinajstić information content (AvgIpc) is 2.94. The first-order valence-corrected chi connectivity index (χ1v) is 10.5. The summed E-state index contributed by atoms with van der Waals surface area (Å²) in [4.78, 5) is 45.9. The second-order valence-corrected chi connectivity index (χ2v) is 8.67. The molecule has 6 nitrogen and oxygen atoms in total. The number of ketones is 1. The van der Waals surface area contributed by atoms with Gasteiger partial charge >= 0.3 is 5.97 Å². The number of Topliss-reactive ketones (excluding diaryl/α,β-unsaturated/α-hetero) is 1. The summed E-state index contributed by atoms with van der Waals surface area (Å²) in [7, 11) is 0. The fourth-order valence-corrected chi connectivity index (χ4v) is 4.56. The molecule has 1 N–H and O–H groups in total. The van der Waals surface area contributed by atoms with Crippen molar-refractivity contribution in [3.05, 3.63) is 56.4 Å². The van der Waals surface area contributed by atoms with Gasteiger partial charge in [0.05, 0.1) is 16.7 Å². The van der Waals surface area contributed by atoms with Crippen LogP contribution in [0, 0.1) is 13.8 Å². The molecule has 28 heavy (non-hydrogen) atoms. The molecule has 0 amide bonds. The maximum absolute atomic E-state index is 12.7. The van der Waals surface area contributed by atoms with Gasteiger partial charge in [-0.1, -0.05) is 12.1 Å². The lowest BCUT2D eigenvalue weighted by Crippen LogP contribution is -2.17. The zero-order chi connectivity index (χ0) is 20.4. The number of carbonyl (C=O) groups is 2. The number of aryl methyl sites for hydroxylation is 2. The van der Waals surface area contributed by atoms with E-state index in [0.717, 1.165) is 10.4 Å². The van der Waals surface area contributed by atoms with Gasteiger partial charge in [-0.05, 0) is 45.4 Å². The number of hydrogen-bond acceptors (Lipinski definition) is 7. The van der Waals surface area contributed by atoms with Crippen LogP contribution in [0.3, 0.4) is 0 Å². The van der Waals surface area contributed by atoms with Crippen LogP contribution in [0.15, 0.2) is 34.0 Å². The number of thioether (sulfide) groups is 1. The SMILES string of the molecule is CC(=O)CSc1ccccc1C(=O)O[C@@H](C)c1nc2sc(C)c(C)c2c(=O)[nH]1. The molecule has 146 valence electrons. The van der Waals surface area contributed by atoms with Crippen LogP contribution in [0.2, 0.25) is 0 Å². The first-order valence-electron chi connectivity index (χ1n) is 8.70. The van der Waals surface area contributed by atoms with Crippen molar-refractivity contribution < 1.29 is 14.3 Å². The molecule has 8 heteroatoms. The van der Waals surface area contributed by atoms with Crippen LogP contribution in [-0.4, -0.2) is 27.5 Å². The van der Waals surface area contributed by atoms with Gasteiger partial charge in [0.25, 0.3) is 5.56 Å². The summed E-state index contributed by atoms with van der Waals surface area (Å²) in [5.41, 5.74) is 1.07. The van der Waals surface area contributed by atoms with Gasteiger partial charge < -0.3 is 9.72 Å². The second-order valence-electron chi connectivity index (χ2n) is 6.45. The Morgan fingerprint density at radius 1 is 1.29 bits per heavy atom. The molecule has 1 aromatic carbocycles. The van der Waals surface area contributed by atoms with E-state index in [1.165, 1.54) is 30.0 Å². The third kappa shape index (κ3) is 4.18. The van der Waals surface area contributed by atoms with Crippen LogP contribution in [0.1, 0.15) is 46.6 Å². The number of fused-ring (bicyclic) bond motifs is 1. The molecule has 1 atom stereocenters. The van der Waals surface area contributed by atoms with E-state index >= 15 is 0 Å². The highest BCUT2D eigenvalue weighted by Crippen LogP contribution is 2.28. The summed E-state index contributed by atoms with van der Waals surface area (Å²) < 4.78 is 5.55. The van der Waals surface area contributed by atoms with E-state index in [0.29, 0.717) is 26.5 Å². The first kappa shape index (κ1) is 20.3. The molecule has 0 saturated heterocycles. The van der Waals surface area contributed by atoms with E-state index in [9.17, 15) is 14.4 Å². The number of H-pyrrole nitrogens is 1. The van der Waals surface area contributed by atoms with Crippen molar-refractivity contribution in [2.24, 2.45) is 0 Å². The van der Waals surface area contributed by atoms with Gasteiger partial charge in [-0.15, -0.1) is 23.1 Å². The Morgan fingerprint density at radius 3 is 2.71 bits per heavy atom. The Kier molecular flexibility index (Phi) is 6.00. The van der Waals surface area contributed by atoms with E-state index in [-0.39, 0.29) is 17.1 Å². The van der Waals surface area contributed by atoms with Crippen LogP contribution in [0.5, 0.6) is 0 Å². The number of nitrogens with one attached hydrogen (secondary N) is 1. The molecule has 2 heterocycles. The average molecular weight is 417 g/mol. The number of rotatable bonds is 6. The highest BCUT2D eigenvalue weighted by molar-refractivity contribution is 8.00. The van der Waals surface area contributed by atoms with Gasteiger partial charge in [0.15, 0.2) is 11.9 Å². The van der Waals surface area contributed by atoms with Gasteiger partial charge in [-0.3, -0.25) is 9.59 Å². The molecule has 0 fully saturated rings. The molecule has 0 unspecified atom stereocenters. The number of carbonyl (C=O) groups excluding carboxylic acids is 2. The molecule has 0 aliphatic carbocycles. The summed E-state index contributed by atoms with van der Waals surface area (Å²) in [5, 5.41) is 0.579. The summed E-state index contributed by atoms with van der Waals surface area (Å²) >= 11 is 2.74. The summed E-state index contributed by atoms with van der Waals surface area (Å²) in [6, 6.07) is 6.97. The minimum atomic E-state index is -0.724. The van der Waals surface area contributed by atoms with Crippen LogP contribution < -0.4 is 5.56 Å². The van der Waals surface area contributed by atoms with E-state index in [2.05, 4.69) is 9.97 Å². The van der Waals surface area contributed by atoms with Crippen molar-refractivity contribution in [1.29, 1.82) is 0 Å². The number of ether oxygens (including phenoxy) is 1. The van der Waals surface area contributed by atoms with Gasteiger partial charge in [0, 0.05) is 9.77 Å². The van der Waals surface area contributed by atoms with Gasteiger partial charge in [0.1, 0.15) is 10.6 Å². The number of thiophene rings is 1. The Labute approximate surface area is 170 Å². The maximum atomic E-state index is 12.7. The molecule has 3 aromatic rings. The molecule has 0 radical (unpaired) electrons. The molecular formula is C20H20N2O4S2. The fraction of sp³-hybridized carbons (Fsp3) is 0.300. The smallest absolute Gasteiger partial charge is 0.339 e. The Hall–Kier alpha value is -2.45. The number of nitrogens with zero attached hydrogens (tertiary/aromatic N) is 1. The quantitative estimate of drug-likeness (QED) is 0.478. The number of benzene rings is 1. The molecular weight excluding hydrogens is 396 g/mol. The molecule has 0 bridgehead atoms.